The maximum Gasteiger partial charge on any atom is 0.255 e. The fourth-order valence-electron chi connectivity index (χ4n) is 4.45. The molecule has 3 heterocycles. The van der Waals surface area contributed by atoms with Crippen molar-refractivity contribution in [1.82, 2.24) is 14.8 Å². The lowest BCUT2D eigenvalue weighted by Gasteiger charge is -2.42. The molecular formula is C25H30ClN3O4. The normalized spacial score (nSPS) is 18.1. The van der Waals surface area contributed by atoms with E-state index in [1.54, 1.807) is 24.4 Å². The lowest BCUT2D eigenvalue weighted by molar-refractivity contribution is -0.139. The molecule has 7 nitrogen and oxygen atoms in total. The minimum Gasteiger partial charge on any atom is -0.493 e. The predicted molar refractivity (Wildman–Crippen MR) is 126 cm³/mol. The molecule has 0 unspecified atom stereocenters. The van der Waals surface area contributed by atoms with Gasteiger partial charge in [0.25, 0.3) is 5.91 Å². The number of ether oxygens (including phenoxy) is 2. The quantitative estimate of drug-likeness (QED) is 0.643. The van der Waals surface area contributed by atoms with Crippen molar-refractivity contribution in [2.24, 2.45) is 5.41 Å². The zero-order valence-electron chi connectivity index (χ0n) is 19.0. The summed E-state index contributed by atoms with van der Waals surface area (Å²) >= 11 is 5.99. The van der Waals surface area contributed by atoms with E-state index in [1.807, 2.05) is 34.9 Å². The number of benzene rings is 1. The Morgan fingerprint density at radius 1 is 1.06 bits per heavy atom. The van der Waals surface area contributed by atoms with Gasteiger partial charge in [-0.05, 0) is 56.2 Å². The van der Waals surface area contributed by atoms with Crippen LogP contribution in [0.25, 0.3) is 0 Å². The van der Waals surface area contributed by atoms with Gasteiger partial charge in [0.15, 0.2) is 0 Å². The molecule has 0 radical (unpaired) electrons. The number of nitrogens with zero attached hydrogens (tertiary/aromatic N) is 3. The Balaban J connectivity index is 1.45. The number of rotatable bonds is 6. The van der Waals surface area contributed by atoms with E-state index in [9.17, 15) is 9.59 Å². The third-order valence-corrected chi connectivity index (χ3v) is 6.85. The number of hydrogen-bond donors (Lipinski definition) is 0. The number of amides is 2. The second-order valence-corrected chi connectivity index (χ2v) is 9.28. The summed E-state index contributed by atoms with van der Waals surface area (Å²) in [6.45, 7) is 5.82. The number of aryl methyl sites for hydroxylation is 1. The Morgan fingerprint density at radius 2 is 1.76 bits per heavy atom. The van der Waals surface area contributed by atoms with E-state index in [1.165, 1.54) is 0 Å². The van der Waals surface area contributed by atoms with Crippen LogP contribution in [0, 0.1) is 12.3 Å². The number of pyridine rings is 1. The summed E-state index contributed by atoms with van der Waals surface area (Å²) in [6.07, 6.45) is 3.48. The molecule has 0 saturated carbocycles. The van der Waals surface area contributed by atoms with Gasteiger partial charge in [0.1, 0.15) is 5.75 Å². The van der Waals surface area contributed by atoms with Gasteiger partial charge in [-0.1, -0.05) is 11.6 Å². The molecule has 0 atom stereocenters. The highest BCUT2D eigenvalue weighted by Crippen LogP contribution is 2.37. The molecule has 2 fully saturated rings. The first-order valence-electron chi connectivity index (χ1n) is 11.4. The number of piperidine rings is 1. The van der Waals surface area contributed by atoms with E-state index in [0.29, 0.717) is 75.8 Å². The zero-order valence-corrected chi connectivity index (χ0v) is 19.7. The second-order valence-electron chi connectivity index (χ2n) is 8.84. The van der Waals surface area contributed by atoms with Gasteiger partial charge in [-0.3, -0.25) is 14.6 Å². The van der Waals surface area contributed by atoms with Crippen molar-refractivity contribution in [2.45, 2.75) is 26.2 Å². The van der Waals surface area contributed by atoms with Crippen LogP contribution >= 0.6 is 11.6 Å². The Kier molecular flexibility index (Phi) is 7.50. The van der Waals surface area contributed by atoms with Crippen molar-refractivity contribution >= 4 is 23.4 Å². The minimum atomic E-state index is -0.338. The van der Waals surface area contributed by atoms with Crippen molar-refractivity contribution < 1.29 is 19.1 Å². The van der Waals surface area contributed by atoms with E-state index in [4.69, 9.17) is 21.1 Å². The summed E-state index contributed by atoms with van der Waals surface area (Å²) in [5.41, 5.74) is 1.02. The number of carbonyl (C=O) groups excluding carboxylic acids is 2. The monoisotopic (exact) mass is 471 g/mol. The number of halogens is 1. The van der Waals surface area contributed by atoms with Gasteiger partial charge in [-0.2, -0.15) is 0 Å². The molecule has 2 amide bonds. The van der Waals surface area contributed by atoms with E-state index in [2.05, 4.69) is 4.98 Å². The molecule has 0 bridgehead atoms. The van der Waals surface area contributed by atoms with Gasteiger partial charge < -0.3 is 19.3 Å². The third kappa shape index (κ3) is 5.84. The van der Waals surface area contributed by atoms with Gasteiger partial charge in [-0.15, -0.1) is 0 Å². The highest BCUT2D eigenvalue weighted by atomic mass is 35.5. The molecule has 2 aromatic rings. The molecule has 2 aliphatic rings. The van der Waals surface area contributed by atoms with Crippen LogP contribution in [0.1, 0.15) is 35.3 Å². The topological polar surface area (TPSA) is 72.0 Å². The second kappa shape index (κ2) is 10.5. The molecule has 2 aliphatic heterocycles. The highest BCUT2D eigenvalue weighted by molar-refractivity contribution is 6.30. The Bertz CT molecular complexity index is 968. The van der Waals surface area contributed by atoms with E-state index < -0.39 is 0 Å². The molecule has 4 rings (SSSR count). The fraction of sp³-hybridized carbons (Fsp3) is 0.480. The van der Waals surface area contributed by atoms with Crippen LogP contribution < -0.4 is 4.74 Å². The molecule has 2 saturated heterocycles. The van der Waals surface area contributed by atoms with Crippen LogP contribution in [-0.2, 0) is 9.53 Å². The summed E-state index contributed by atoms with van der Waals surface area (Å²) < 4.78 is 11.5. The minimum absolute atomic E-state index is 0.00711. The molecule has 0 N–H and O–H groups in total. The number of aromatic nitrogens is 1. The van der Waals surface area contributed by atoms with Crippen molar-refractivity contribution in [3.05, 3.63) is 58.9 Å². The van der Waals surface area contributed by atoms with Crippen molar-refractivity contribution in [3.63, 3.8) is 0 Å². The number of likely N-dealkylation sites (tertiary alicyclic amines) is 1. The average molecular weight is 472 g/mol. The molecule has 176 valence electrons. The summed E-state index contributed by atoms with van der Waals surface area (Å²) in [4.78, 5) is 34.2. The molecule has 33 heavy (non-hydrogen) atoms. The van der Waals surface area contributed by atoms with Gasteiger partial charge in [0.05, 0.1) is 25.4 Å². The number of morpholine rings is 1. The van der Waals surface area contributed by atoms with Crippen molar-refractivity contribution in [2.75, 3.05) is 46.0 Å². The molecular weight excluding hydrogens is 442 g/mol. The third-order valence-electron chi connectivity index (χ3n) is 6.60. The first-order chi connectivity index (χ1) is 16.0. The van der Waals surface area contributed by atoms with Crippen LogP contribution in [0.5, 0.6) is 5.75 Å². The molecule has 8 heteroatoms. The number of hydrogen-bond acceptors (Lipinski definition) is 5. The Hall–Kier alpha value is -2.64. The first-order valence-corrected chi connectivity index (χ1v) is 11.8. The van der Waals surface area contributed by atoms with Crippen molar-refractivity contribution in [1.29, 1.82) is 0 Å². The molecule has 0 aliphatic carbocycles. The van der Waals surface area contributed by atoms with Crippen LogP contribution in [0.2, 0.25) is 5.02 Å². The summed E-state index contributed by atoms with van der Waals surface area (Å²) in [5, 5.41) is 0.650. The first kappa shape index (κ1) is 23.5. The number of carbonyl (C=O) groups is 2. The highest BCUT2D eigenvalue weighted by Gasteiger charge is 2.40. The summed E-state index contributed by atoms with van der Waals surface area (Å²) in [6, 6.07) is 10.9. The molecule has 0 spiro atoms. The summed E-state index contributed by atoms with van der Waals surface area (Å²) in [5.74, 6) is 0.843. The van der Waals surface area contributed by atoms with E-state index >= 15 is 0 Å². The largest absolute Gasteiger partial charge is 0.493 e. The lowest BCUT2D eigenvalue weighted by atomic mass is 9.75. The molecule has 1 aromatic carbocycles. The van der Waals surface area contributed by atoms with Gasteiger partial charge >= 0.3 is 0 Å². The van der Waals surface area contributed by atoms with Gasteiger partial charge in [0, 0.05) is 54.9 Å². The summed E-state index contributed by atoms with van der Waals surface area (Å²) in [7, 11) is 0. The van der Waals surface area contributed by atoms with E-state index in [-0.39, 0.29) is 17.2 Å². The van der Waals surface area contributed by atoms with Crippen LogP contribution in [-0.4, -0.2) is 72.6 Å². The zero-order chi connectivity index (χ0) is 23.3. The fourth-order valence-corrected chi connectivity index (χ4v) is 4.58. The van der Waals surface area contributed by atoms with Gasteiger partial charge in [-0.25, -0.2) is 0 Å². The lowest BCUT2D eigenvalue weighted by Crippen LogP contribution is -2.49. The average Bonchev–Trinajstić information content (AvgIpc) is 2.85. The van der Waals surface area contributed by atoms with Crippen LogP contribution in [0.3, 0.4) is 0 Å². The predicted octanol–water partition coefficient (Wildman–Crippen LogP) is 3.59. The smallest absolute Gasteiger partial charge is 0.255 e. The Morgan fingerprint density at radius 3 is 2.42 bits per heavy atom. The van der Waals surface area contributed by atoms with Crippen molar-refractivity contribution in [3.8, 4) is 5.75 Å². The Labute approximate surface area is 199 Å². The molecule has 1 aromatic heterocycles. The van der Waals surface area contributed by atoms with Crippen LogP contribution in [0.4, 0.5) is 0 Å². The van der Waals surface area contributed by atoms with E-state index in [0.717, 1.165) is 11.4 Å². The maximum atomic E-state index is 13.1. The maximum absolute atomic E-state index is 13.1. The van der Waals surface area contributed by atoms with Gasteiger partial charge in [0.2, 0.25) is 5.91 Å². The standard InChI is InChI=1S/C25H30ClN3O4/c1-19-22(3-2-10-27-19)24(31)29-11-8-25(9-12-29,17-23(30)28-13-15-32-16-14-28)18-33-21-6-4-20(26)5-7-21/h2-7,10H,8-9,11-18H2,1H3. The van der Waals surface area contributed by atoms with Crippen LogP contribution in [0.15, 0.2) is 42.6 Å². The SMILES string of the molecule is Cc1ncccc1C(=O)N1CCC(COc2ccc(Cl)cc2)(CC(=O)N2CCOCC2)CC1.